The van der Waals surface area contributed by atoms with E-state index >= 15 is 0 Å². The van der Waals surface area contributed by atoms with Crippen molar-refractivity contribution in [3.63, 3.8) is 0 Å². The van der Waals surface area contributed by atoms with Gasteiger partial charge in [-0.2, -0.15) is 0 Å². The fourth-order valence-corrected chi connectivity index (χ4v) is 6.29. The Hall–Kier alpha value is -0.380. The second kappa shape index (κ2) is 9.35. The third kappa shape index (κ3) is 6.16. The minimum absolute atomic E-state index is 0.160. The second-order valence-corrected chi connectivity index (χ2v) is 10.6. The van der Waals surface area contributed by atoms with Crippen molar-refractivity contribution in [3.8, 4) is 0 Å². The summed E-state index contributed by atoms with van der Waals surface area (Å²) in [5, 5.41) is 9.50. The monoisotopic (exact) mass is 359 g/mol. The Labute approximate surface area is 145 Å². The minimum atomic E-state index is -3.63. The smallest absolute Gasteiger partial charge is 0.307 e. The van der Waals surface area contributed by atoms with Crippen molar-refractivity contribution in [3.05, 3.63) is 0 Å². The van der Waals surface area contributed by atoms with E-state index in [2.05, 4.69) is 0 Å². The van der Waals surface area contributed by atoms with Gasteiger partial charge in [0.05, 0.1) is 11.7 Å². The maximum atomic E-state index is 12.7. The third-order valence-electron chi connectivity index (χ3n) is 5.99. The maximum Gasteiger partial charge on any atom is 0.307 e. The summed E-state index contributed by atoms with van der Waals surface area (Å²) < 4.78 is 12.7. The first-order valence-electron chi connectivity index (χ1n) is 9.68. The van der Waals surface area contributed by atoms with Crippen molar-refractivity contribution in [1.29, 1.82) is 0 Å². The normalized spacial score (nSPS) is 25.8. The molecule has 2 aliphatic rings. The highest BCUT2D eigenvalue weighted by molar-refractivity contribution is 7.58. The van der Waals surface area contributed by atoms with Crippen LogP contribution in [0.2, 0.25) is 0 Å². The molecule has 0 saturated heterocycles. The van der Waals surface area contributed by atoms with Gasteiger partial charge in [-0.1, -0.05) is 64.2 Å². The summed E-state index contributed by atoms with van der Waals surface area (Å²) in [5.41, 5.74) is 6.06. The first-order chi connectivity index (χ1) is 11.4. The summed E-state index contributed by atoms with van der Waals surface area (Å²) in [4.78, 5) is 22.0. The summed E-state index contributed by atoms with van der Waals surface area (Å²) in [5.74, 6) is -1.64. The maximum absolute atomic E-state index is 12.7. The zero-order chi connectivity index (χ0) is 17.6. The number of hydrogen-bond donors (Lipinski definition) is 3. The molecule has 0 aromatic heterocycles. The molecule has 24 heavy (non-hydrogen) atoms. The summed E-state index contributed by atoms with van der Waals surface area (Å²) >= 11 is 0. The molecule has 3 atom stereocenters. The highest BCUT2D eigenvalue weighted by Crippen LogP contribution is 2.50. The molecule has 0 aromatic carbocycles. The van der Waals surface area contributed by atoms with Crippen LogP contribution < -0.4 is 5.73 Å². The van der Waals surface area contributed by atoms with Gasteiger partial charge in [0.2, 0.25) is 7.37 Å². The quantitative estimate of drug-likeness (QED) is 0.564. The van der Waals surface area contributed by atoms with Gasteiger partial charge >= 0.3 is 5.97 Å². The van der Waals surface area contributed by atoms with E-state index in [1.807, 2.05) is 0 Å². The van der Waals surface area contributed by atoms with E-state index in [0.717, 1.165) is 38.5 Å². The van der Waals surface area contributed by atoms with E-state index in [4.69, 9.17) is 5.73 Å². The van der Waals surface area contributed by atoms with E-state index < -0.39 is 25.0 Å². The number of hydrogen-bond acceptors (Lipinski definition) is 3. The Morgan fingerprint density at radius 3 is 1.88 bits per heavy atom. The first-order valence-corrected chi connectivity index (χ1v) is 11.6. The van der Waals surface area contributed by atoms with Gasteiger partial charge in [-0.05, 0) is 24.7 Å². The van der Waals surface area contributed by atoms with E-state index in [1.54, 1.807) is 0 Å². The average Bonchev–Trinajstić information content (AvgIpc) is 2.56. The summed E-state index contributed by atoms with van der Waals surface area (Å²) in [6.07, 6.45) is 12.3. The molecule has 2 rings (SSSR count). The van der Waals surface area contributed by atoms with Crippen molar-refractivity contribution in [2.24, 2.45) is 23.5 Å². The van der Waals surface area contributed by atoms with Crippen LogP contribution in [0.15, 0.2) is 0 Å². The molecular weight excluding hydrogens is 325 g/mol. The first kappa shape index (κ1) is 19.9. The van der Waals surface area contributed by atoms with Crippen LogP contribution in [-0.2, 0) is 9.36 Å². The molecule has 0 bridgehead atoms. The Bertz CT molecular complexity index is 444. The van der Waals surface area contributed by atoms with Gasteiger partial charge in [0.25, 0.3) is 0 Å². The number of nitrogens with two attached hydrogens (primary N) is 1. The summed E-state index contributed by atoms with van der Waals surface area (Å²) in [6, 6.07) is 0. The zero-order valence-electron chi connectivity index (χ0n) is 14.7. The van der Waals surface area contributed by atoms with Crippen LogP contribution in [0, 0.1) is 17.8 Å². The minimum Gasteiger partial charge on any atom is -0.481 e. The molecule has 2 saturated carbocycles. The molecule has 2 fully saturated rings. The van der Waals surface area contributed by atoms with Gasteiger partial charge in [0, 0.05) is 6.16 Å². The molecule has 0 amide bonds. The van der Waals surface area contributed by atoms with Crippen LogP contribution in [0.1, 0.15) is 77.0 Å². The lowest BCUT2D eigenvalue weighted by atomic mass is 9.83. The highest BCUT2D eigenvalue weighted by Gasteiger charge is 2.36. The second-order valence-electron chi connectivity index (χ2n) is 8.02. The van der Waals surface area contributed by atoms with Gasteiger partial charge in [-0.25, -0.2) is 0 Å². The summed E-state index contributed by atoms with van der Waals surface area (Å²) in [7, 11) is -3.63. The Balaban J connectivity index is 1.89. The van der Waals surface area contributed by atoms with E-state index in [-0.39, 0.29) is 6.16 Å². The van der Waals surface area contributed by atoms with Gasteiger partial charge in [-0.3, -0.25) is 9.36 Å². The van der Waals surface area contributed by atoms with Crippen molar-refractivity contribution in [1.82, 2.24) is 0 Å². The zero-order valence-corrected chi connectivity index (χ0v) is 15.6. The van der Waals surface area contributed by atoms with Gasteiger partial charge in [0.1, 0.15) is 0 Å². The highest BCUT2D eigenvalue weighted by atomic mass is 31.2. The lowest BCUT2D eigenvalue weighted by Gasteiger charge is -2.29. The van der Waals surface area contributed by atoms with Crippen LogP contribution in [0.4, 0.5) is 0 Å². The molecule has 0 aromatic rings. The average molecular weight is 359 g/mol. The number of carbonyl (C=O) groups is 1. The fourth-order valence-electron chi connectivity index (χ4n) is 4.46. The van der Waals surface area contributed by atoms with Crippen LogP contribution in [-0.4, -0.2) is 27.9 Å². The molecule has 0 spiro atoms. The van der Waals surface area contributed by atoms with Crippen molar-refractivity contribution < 1.29 is 19.4 Å². The third-order valence-corrected chi connectivity index (χ3v) is 8.20. The van der Waals surface area contributed by atoms with Gasteiger partial charge < -0.3 is 15.7 Å². The molecule has 2 aliphatic carbocycles. The van der Waals surface area contributed by atoms with E-state index in [0.29, 0.717) is 24.7 Å². The molecule has 140 valence electrons. The van der Waals surface area contributed by atoms with Crippen LogP contribution in [0.3, 0.4) is 0 Å². The predicted molar refractivity (Wildman–Crippen MR) is 96.2 cm³/mol. The van der Waals surface area contributed by atoms with Crippen molar-refractivity contribution >= 4 is 13.3 Å². The van der Waals surface area contributed by atoms with E-state index in [9.17, 15) is 19.4 Å². The Morgan fingerprint density at radius 2 is 1.42 bits per heavy atom. The fraction of sp³-hybridized carbons (Fsp3) is 0.944. The standard InChI is InChI=1S/C18H34NO4P/c19-17(12-15-9-5-2-6-10-15)24(22,23)13-16(18(20)21)11-14-7-3-1-4-8-14/h14-17H,1-13,19H2,(H,20,21)(H,22,23). The van der Waals surface area contributed by atoms with Crippen molar-refractivity contribution in [2.75, 3.05) is 6.16 Å². The Kier molecular flexibility index (Phi) is 7.77. The molecule has 0 heterocycles. The van der Waals surface area contributed by atoms with Crippen LogP contribution >= 0.6 is 7.37 Å². The molecule has 4 N–H and O–H groups in total. The molecule has 6 heteroatoms. The van der Waals surface area contributed by atoms with Gasteiger partial charge in [-0.15, -0.1) is 0 Å². The number of carboxylic acids is 1. The topological polar surface area (TPSA) is 101 Å². The van der Waals surface area contributed by atoms with Crippen LogP contribution in [0.25, 0.3) is 0 Å². The Morgan fingerprint density at radius 1 is 0.958 bits per heavy atom. The number of rotatable bonds is 8. The predicted octanol–water partition coefficient (Wildman–Crippen LogP) is 4.18. The molecule has 3 unspecified atom stereocenters. The van der Waals surface area contributed by atoms with E-state index in [1.165, 1.54) is 25.7 Å². The number of aliphatic carboxylic acids is 1. The SMILES string of the molecule is NC(CC1CCCCC1)P(=O)(O)CC(CC1CCCCC1)C(=O)O. The lowest BCUT2D eigenvalue weighted by Crippen LogP contribution is -2.30. The molecule has 0 aliphatic heterocycles. The van der Waals surface area contributed by atoms with Gasteiger partial charge in [0.15, 0.2) is 0 Å². The molecular formula is C18H34NO4P. The number of carboxylic acid groups (broad SMARTS) is 1. The largest absolute Gasteiger partial charge is 0.481 e. The molecule has 0 radical (unpaired) electrons. The summed E-state index contributed by atoms with van der Waals surface area (Å²) in [6.45, 7) is 0. The van der Waals surface area contributed by atoms with Crippen LogP contribution in [0.5, 0.6) is 0 Å². The lowest BCUT2D eigenvalue weighted by molar-refractivity contribution is -0.141. The molecule has 5 nitrogen and oxygen atoms in total. The van der Waals surface area contributed by atoms with Crippen molar-refractivity contribution in [2.45, 2.75) is 82.8 Å².